The second-order valence-electron chi connectivity index (χ2n) is 3.78. The van der Waals surface area contributed by atoms with Gasteiger partial charge in [0.15, 0.2) is 0 Å². The van der Waals surface area contributed by atoms with Gasteiger partial charge in [0.1, 0.15) is 11.5 Å². The molecule has 0 aliphatic heterocycles. The number of benzene rings is 2. The summed E-state index contributed by atoms with van der Waals surface area (Å²) >= 11 is 9.39. The van der Waals surface area contributed by atoms with Crippen molar-refractivity contribution in [3.8, 4) is 11.5 Å². The molecule has 2 aromatic rings. The summed E-state index contributed by atoms with van der Waals surface area (Å²) < 4.78 is 5.99. The zero-order chi connectivity index (χ0) is 13.8. The average molecular weight is 341 g/mol. The molecule has 0 atom stereocenters. The van der Waals surface area contributed by atoms with E-state index in [2.05, 4.69) is 20.9 Å². The van der Waals surface area contributed by atoms with Crippen LogP contribution in [0.2, 0.25) is 5.02 Å². The summed E-state index contributed by atoms with van der Waals surface area (Å²) in [5, 5.41) is 10.3. The van der Waals surface area contributed by atoms with Crippen LogP contribution in [-0.4, -0.2) is 18.4 Å². The van der Waals surface area contributed by atoms with Crippen molar-refractivity contribution in [3.05, 3.63) is 51.5 Å². The van der Waals surface area contributed by atoms with Crippen LogP contribution < -0.4 is 4.74 Å². The maximum absolute atomic E-state index is 9.73. The summed E-state index contributed by atoms with van der Waals surface area (Å²) in [5.74, 6) is 0.791. The highest BCUT2D eigenvalue weighted by molar-refractivity contribution is 9.10. The molecule has 5 heteroatoms. The fourth-order valence-corrected chi connectivity index (χ4v) is 2.21. The Morgan fingerprint density at radius 2 is 2.05 bits per heavy atom. The number of aromatic hydroxyl groups is 1. The fraction of sp³-hybridized carbons (Fsp3) is 0.0714. The standard InChI is InChI=1S/C14H11BrClNO2/c1-19-11-3-5-14(18)9(6-11)8-17-13-4-2-10(15)7-12(13)16/h2-8,18H,1H3. The van der Waals surface area contributed by atoms with Gasteiger partial charge in [0.25, 0.3) is 0 Å². The molecule has 0 amide bonds. The first-order chi connectivity index (χ1) is 9.10. The average Bonchev–Trinajstić information content (AvgIpc) is 2.39. The molecular weight excluding hydrogens is 330 g/mol. The summed E-state index contributed by atoms with van der Waals surface area (Å²) in [6.45, 7) is 0. The predicted molar refractivity (Wildman–Crippen MR) is 81.1 cm³/mol. The van der Waals surface area contributed by atoms with Crippen molar-refractivity contribution in [2.75, 3.05) is 7.11 Å². The van der Waals surface area contributed by atoms with Gasteiger partial charge in [0.05, 0.1) is 17.8 Å². The third-order valence-electron chi connectivity index (χ3n) is 2.49. The smallest absolute Gasteiger partial charge is 0.124 e. The number of phenols is 1. The Bertz CT molecular complexity index is 629. The lowest BCUT2D eigenvalue weighted by Gasteiger charge is -2.03. The maximum atomic E-state index is 9.73. The molecule has 0 aliphatic carbocycles. The summed E-state index contributed by atoms with van der Waals surface area (Å²) in [6.07, 6.45) is 1.55. The van der Waals surface area contributed by atoms with E-state index in [1.54, 1.807) is 43.7 Å². The molecule has 19 heavy (non-hydrogen) atoms. The third-order valence-corrected chi connectivity index (χ3v) is 3.28. The normalized spacial score (nSPS) is 10.9. The molecule has 0 aromatic heterocycles. The lowest BCUT2D eigenvalue weighted by molar-refractivity contribution is 0.412. The van der Waals surface area contributed by atoms with E-state index < -0.39 is 0 Å². The Morgan fingerprint density at radius 3 is 2.74 bits per heavy atom. The minimum absolute atomic E-state index is 0.137. The van der Waals surface area contributed by atoms with E-state index >= 15 is 0 Å². The molecule has 0 saturated heterocycles. The fourth-order valence-electron chi connectivity index (χ4n) is 1.49. The van der Waals surface area contributed by atoms with Crippen molar-refractivity contribution < 1.29 is 9.84 Å². The number of aliphatic imine (C=N–C) groups is 1. The van der Waals surface area contributed by atoms with Gasteiger partial charge in [-0.25, -0.2) is 0 Å². The molecule has 0 heterocycles. The Labute approximate surface area is 124 Å². The highest BCUT2D eigenvalue weighted by Crippen LogP contribution is 2.29. The molecule has 3 nitrogen and oxygen atoms in total. The van der Waals surface area contributed by atoms with E-state index in [1.165, 1.54) is 0 Å². The molecule has 2 aromatic carbocycles. The minimum Gasteiger partial charge on any atom is -0.507 e. The van der Waals surface area contributed by atoms with Crippen LogP contribution in [0.15, 0.2) is 45.9 Å². The second-order valence-corrected chi connectivity index (χ2v) is 5.10. The van der Waals surface area contributed by atoms with Crippen LogP contribution in [0.1, 0.15) is 5.56 Å². The highest BCUT2D eigenvalue weighted by atomic mass is 79.9. The predicted octanol–water partition coefficient (Wildman–Crippen LogP) is 4.57. The van der Waals surface area contributed by atoms with Crippen molar-refractivity contribution in [1.29, 1.82) is 0 Å². The summed E-state index contributed by atoms with van der Waals surface area (Å²) in [5.41, 5.74) is 1.20. The van der Waals surface area contributed by atoms with Gasteiger partial charge in [0.2, 0.25) is 0 Å². The number of hydrogen-bond acceptors (Lipinski definition) is 3. The molecule has 2 rings (SSSR count). The van der Waals surface area contributed by atoms with Crippen molar-refractivity contribution in [1.82, 2.24) is 0 Å². The van der Waals surface area contributed by atoms with Gasteiger partial charge in [-0.1, -0.05) is 27.5 Å². The van der Waals surface area contributed by atoms with Gasteiger partial charge in [-0.2, -0.15) is 0 Å². The molecule has 0 radical (unpaired) electrons. The van der Waals surface area contributed by atoms with Gasteiger partial charge < -0.3 is 9.84 Å². The molecule has 0 spiro atoms. The van der Waals surface area contributed by atoms with Crippen molar-refractivity contribution in [2.45, 2.75) is 0 Å². The molecule has 0 saturated carbocycles. The third kappa shape index (κ3) is 3.49. The Balaban J connectivity index is 2.32. The quantitative estimate of drug-likeness (QED) is 0.832. The topological polar surface area (TPSA) is 41.8 Å². The van der Waals surface area contributed by atoms with E-state index in [4.69, 9.17) is 16.3 Å². The minimum atomic E-state index is 0.137. The largest absolute Gasteiger partial charge is 0.507 e. The first kappa shape index (κ1) is 13.9. The van der Waals surface area contributed by atoms with E-state index in [9.17, 15) is 5.11 Å². The van der Waals surface area contributed by atoms with Crippen molar-refractivity contribution in [2.24, 2.45) is 4.99 Å². The molecule has 0 bridgehead atoms. The molecule has 1 N–H and O–H groups in total. The SMILES string of the molecule is COc1ccc(O)c(C=Nc2ccc(Br)cc2Cl)c1. The van der Waals surface area contributed by atoms with E-state index in [-0.39, 0.29) is 5.75 Å². The summed E-state index contributed by atoms with van der Waals surface area (Å²) in [7, 11) is 1.57. The van der Waals surface area contributed by atoms with Crippen molar-refractivity contribution >= 4 is 39.4 Å². The van der Waals surface area contributed by atoms with Crippen LogP contribution in [-0.2, 0) is 0 Å². The Morgan fingerprint density at radius 1 is 1.26 bits per heavy atom. The Hall–Kier alpha value is -1.52. The van der Waals surface area contributed by atoms with Crippen LogP contribution in [0.5, 0.6) is 11.5 Å². The summed E-state index contributed by atoms with van der Waals surface area (Å²) in [6, 6.07) is 10.3. The van der Waals surface area contributed by atoms with Gasteiger partial charge in [-0.15, -0.1) is 0 Å². The number of hydrogen-bond donors (Lipinski definition) is 1. The van der Waals surface area contributed by atoms with Gasteiger partial charge >= 0.3 is 0 Å². The molecule has 0 aliphatic rings. The number of halogens is 2. The van der Waals surface area contributed by atoms with Gasteiger partial charge in [-0.3, -0.25) is 4.99 Å². The van der Waals surface area contributed by atoms with Crippen molar-refractivity contribution in [3.63, 3.8) is 0 Å². The highest BCUT2D eigenvalue weighted by Gasteiger charge is 2.02. The lowest BCUT2D eigenvalue weighted by atomic mass is 10.2. The zero-order valence-electron chi connectivity index (χ0n) is 10.1. The number of methoxy groups -OCH3 is 1. The molecular formula is C14H11BrClNO2. The molecule has 0 unspecified atom stereocenters. The second kappa shape index (κ2) is 6.08. The van der Waals surface area contributed by atoms with Gasteiger partial charge in [-0.05, 0) is 36.4 Å². The zero-order valence-corrected chi connectivity index (χ0v) is 12.4. The maximum Gasteiger partial charge on any atom is 0.124 e. The van der Waals surface area contributed by atoms with Gasteiger partial charge in [0, 0.05) is 16.3 Å². The number of nitrogens with zero attached hydrogens (tertiary/aromatic N) is 1. The van der Waals surface area contributed by atoms with Crippen LogP contribution >= 0.6 is 27.5 Å². The number of rotatable bonds is 3. The lowest BCUT2D eigenvalue weighted by Crippen LogP contribution is -1.87. The van der Waals surface area contributed by atoms with E-state index in [0.29, 0.717) is 22.0 Å². The first-order valence-electron chi connectivity index (χ1n) is 5.46. The Kier molecular flexibility index (Phi) is 4.45. The summed E-state index contributed by atoms with van der Waals surface area (Å²) in [4.78, 5) is 4.26. The first-order valence-corrected chi connectivity index (χ1v) is 6.63. The van der Waals surface area contributed by atoms with Crippen LogP contribution in [0, 0.1) is 0 Å². The van der Waals surface area contributed by atoms with Crippen LogP contribution in [0.25, 0.3) is 0 Å². The molecule has 0 fully saturated rings. The van der Waals surface area contributed by atoms with E-state index in [0.717, 1.165) is 4.47 Å². The number of ether oxygens (including phenoxy) is 1. The molecule has 98 valence electrons. The number of phenolic OH excluding ortho intramolecular Hbond substituents is 1. The van der Waals surface area contributed by atoms with E-state index in [1.807, 2.05) is 6.07 Å². The van der Waals surface area contributed by atoms with Crippen LogP contribution in [0.4, 0.5) is 5.69 Å². The monoisotopic (exact) mass is 339 g/mol. The van der Waals surface area contributed by atoms with Crippen LogP contribution in [0.3, 0.4) is 0 Å².